The maximum absolute atomic E-state index is 12.0. The van der Waals surface area contributed by atoms with Crippen molar-refractivity contribution in [3.63, 3.8) is 0 Å². The van der Waals surface area contributed by atoms with Crippen molar-refractivity contribution < 1.29 is 9.72 Å². The molecule has 8 heteroatoms. The molecule has 0 unspecified atom stereocenters. The van der Waals surface area contributed by atoms with Crippen molar-refractivity contribution in [3.8, 4) is 0 Å². The fourth-order valence-electron chi connectivity index (χ4n) is 1.60. The predicted molar refractivity (Wildman–Crippen MR) is 75.8 cm³/mol. The summed E-state index contributed by atoms with van der Waals surface area (Å²) in [6, 6.07) is 4.25. The van der Waals surface area contributed by atoms with E-state index in [1.807, 2.05) is 0 Å². The molecule has 0 radical (unpaired) electrons. The van der Waals surface area contributed by atoms with Gasteiger partial charge in [0.1, 0.15) is 10.7 Å². The van der Waals surface area contributed by atoms with Gasteiger partial charge < -0.3 is 11.1 Å². The number of nitro benzene ring substituents is 1. The molecule has 2 rings (SSSR count). The number of nitrogens with two attached hydrogens (primary N) is 1. The summed E-state index contributed by atoms with van der Waals surface area (Å²) in [7, 11) is 0. The first-order valence-corrected chi connectivity index (χ1v) is 6.60. The molecule has 1 aromatic carbocycles. The molecule has 7 nitrogen and oxygen atoms in total. The van der Waals surface area contributed by atoms with E-state index < -0.39 is 4.92 Å². The van der Waals surface area contributed by atoms with Crippen molar-refractivity contribution in [1.82, 2.24) is 4.98 Å². The topological polar surface area (TPSA) is 111 Å². The van der Waals surface area contributed by atoms with Crippen LogP contribution in [0.2, 0.25) is 0 Å². The number of thiazole rings is 1. The maximum Gasteiger partial charge on any atom is 0.275 e. The predicted octanol–water partition coefficient (Wildman–Crippen LogP) is 2.07. The Morgan fingerprint density at radius 2 is 2.30 bits per heavy atom. The van der Waals surface area contributed by atoms with Gasteiger partial charge in [-0.05, 0) is 18.6 Å². The fraction of sp³-hybridized carbons (Fsp3) is 0.167. The zero-order valence-electron chi connectivity index (χ0n) is 10.6. The van der Waals surface area contributed by atoms with Crippen molar-refractivity contribution >= 4 is 28.6 Å². The fourth-order valence-corrected chi connectivity index (χ4v) is 2.25. The number of hydrogen-bond acceptors (Lipinski definition) is 6. The van der Waals surface area contributed by atoms with Gasteiger partial charge in [0.15, 0.2) is 0 Å². The summed E-state index contributed by atoms with van der Waals surface area (Å²) in [6.07, 6.45) is 0. The van der Waals surface area contributed by atoms with Crippen molar-refractivity contribution in [1.29, 1.82) is 0 Å². The summed E-state index contributed by atoms with van der Waals surface area (Å²) in [5, 5.41) is 15.6. The molecule has 1 amide bonds. The molecule has 2 aromatic rings. The minimum atomic E-state index is -0.480. The first-order valence-electron chi connectivity index (χ1n) is 5.72. The van der Waals surface area contributed by atoms with E-state index in [0.29, 0.717) is 16.3 Å². The van der Waals surface area contributed by atoms with E-state index in [0.717, 1.165) is 0 Å². The number of carbonyl (C=O) groups is 1. The number of hydrogen-bond donors (Lipinski definition) is 2. The summed E-state index contributed by atoms with van der Waals surface area (Å²) in [5.74, 6) is -0.363. The average Bonchev–Trinajstić information content (AvgIpc) is 2.89. The van der Waals surface area contributed by atoms with Crippen LogP contribution in [0.3, 0.4) is 0 Å². The number of nitrogens with one attached hydrogen (secondary N) is 1. The van der Waals surface area contributed by atoms with Crippen LogP contribution in [0.15, 0.2) is 23.6 Å². The third kappa shape index (κ3) is 2.98. The van der Waals surface area contributed by atoms with Gasteiger partial charge in [-0.2, -0.15) is 0 Å². The van der Waals surface area contributed by atoms with Crippen LogP contribution in [0.1, 0.15) is 21.1 Å². The van der Waals surface area contributed by atoms with Crippen LogP contribution in [0.4, 0.5) is 11.4 Å². The largest absolute Gasteiger partial charge is 0.325 e. The number of non-ortho nitro benzene ring substituents is 1. The average molecular weight is 292 g/mol. The molecule has 104 valence electrons. The van der Waals surface area contributed by atoms with Gasteiger partial charge in [-0.3, -0.25) is 14.9 Å². The lowest BCUT2D eigenvalue weighted by atomic mass is 10.2. The van der Waals surface area contributed by atoms with E-state index >= 15 is 0 Å². The third-order valence-corrected chi connectivity index (χ3v) is 3.50. The Kier molecular flexibility index (Phi) is 4.06. The Morgan fingerprint density at radius 1 is 1.55 bits per heavy atom. The van der Waals surface area contributed by atoms with E-state index in [9.17, 15) is 14.9 Å². The number of nitrogens with zero attached hydrogens (tertiary/aromatic N) is 2. The highest BCUT2D eigenvalue weighted by molar-refractivity contribution is 7.09. The molecule has 0 saturated heterocycles. The smallest absolute Gasteiger partial charge is 0.275 e. The first-order chi connectivity index (χ1) is 9.51. The molecule has 0 spiro atoms. The van der Waals surface area contributed by atoms with Crippen LogP contribution in [0.25, 0.3) is 0 Å². The van der Waals surface area contributed by atoms with Crippen LogP contribution < -0.4 is 11.1 Å². The summed E-state index contributed by atoms with van der Waals surface area (Å²) in [5.41, 5.74) is 6.84. The van der Waals surface area contributed by atoms with Crippen LogP contribution in [-0.4, -0.2) is 15.8 Å². The van der Waals surface area contributed by atoms with Gasteiger partial charge in [-0.25, -0.2) is 4.98 Å². The molecule has 0 atom stereocenters. The second-order valence-corrected chi connectivity index (χ2v) is 4.98. The molecule has 20 heavy (non-hydrogen) atoms. The van der Waals surface area contributed by atoms with Crippen molar-refractivity contribution in [2.24, 2.45) is 5.73 Å². The SMILES string of the molecule is Cc1cc([N+](=O)[O-])ccc1NC(=O)c1csc(CN)n1. The molecule has 0 aliphatic heterocycles. The number of aryl methyl sites for hydroxylation is 1. The molecule has 0 fully saturated rings. The number of anilines is 1. The first kappa shape index (κ1) is 14.1. The Balaban J connectivity index is 2.17. The van der Waals surface area contributed by atoms with Gasteiger partial charge in [0.25, 0.3) is 11.6 Å². The summed E-state index contributed by atoms with van der Waals surface area (Å²) >= 11 is 1.31. The Hall–Kier alpha value is -2.32. The molecule has 0 saturated carbocycles. The monoisotopic (exact) mass is 292 g/mol. The molecule has 1 aromatic heterocycles. The van der Waals surface area contributed by atoms with Gasteiger partial charge in [0.2, 0.25) is 0 Å². The van der Waals surface area contributed by atoms with Crippen molar-refractivity contribution in [2.75, 3.05) is 5.32 Å². The lowest BCUT2D eigenvalue weighted by molar-refractivity contribution is -0.384. The van der Waals surface area contributed by atoms with Gasteiger partial charge in [-0.15, -0.1) is 11.3 Å². The third-order valence-electron chi connectivity index (χ3n) is 2.63. The number of rotatable bonds is 4. The summed E-state index contributed by atoms with van der Waals surface area (Å²) < 4.78 is 0. The molecule has 3 N–H and O–H groups in total. The molecular weight excluding hydrogens is 280 g/mol. The number of carbonyl (C=O) groups excluding carboxylic acids is 1. The van der Waals surface area contributed by atoms with Crippen LogP contribution in [-0.2, 0) is 6.54 Å². The van der Waals surface area contributed by atoms with Gasteiger partial charge in [-0.1, -0.05) is 0 Å². The van der Waals surface area contributed by atoms with Crippen LogP contribution in [0, 0.1) is 17.0 Å². The van der Waals surface area contributed by atoms with Gasteiger partial charge >= 0.3 is 0 Å². The maximum atomic E-state index is 12.0. The van der Waals surface area contributed by atoms with Gasteiger partial charge in [0.05, 0.1) is 4.92 Å². The van der Waals surface area contributed by atoms with E-state index in [1.165, 1.54) is 29.5 Å². The molecule has 0 aliphatic carbocycles. The zero-order chi connectivity index (χ0) is 14.7. The normalized spacial score (nSPS) is 10.3. The molecule has 0 aliphatic rings. The summed E-state index contributed by atoms with van der Waals surface area (Å²) in [6.45, 7) is 1.98. The van der Waals surface area contributed by atoms with Crippen molar-refractivity contribution in [2.45, 2.75) is 13.5 Å². The number of amides is 1. The minimum absolute atomic E-state index is 0.0143. The molecular formula is C12H12N4O3S. The summed E-state index contributed by atoms with van der Waals surface area (Å²) in [4.78, 5) is 26.2. The number of benzene rings is 1. The lowest BCUT2D eigenvalue weighted by Crippen LogP contribution is -2.13. The number of nitro groups is 1. The van der Waals surface area contributed by atoms with E-state index in [1.54, 1.807) is 12.3 Å². The minimum Gasteiger partial charge on any atom is -0.325 e. The van der Waals surface area contributed by atoms with Crippen molar-refractivity contribution in [3.05, 3.63) is 50.0 Å². The van der Waals surface area contributed by atoms with Gasteiger partial charge in [0, 0.05) is 29.7 Å². The van der Waals surface area contributed by atoms with Crippen LogP contribution >= 0.6 is 11.3 Å². The Bertz CT molecular complexity index is 668. The quantitative estimate of drug-likeness (QED) is 0.662. The molecule has 1 heterocycles. The Morgan fingerprint density at radius 3 is 2.85 bits per heavy atom. The zero-order valence-corrected chi connectivity index (χ0v) is 11.4. The highest BCUT2D eigenvalue weighted by Crippen LogP contribution is 2.22. The highest BCUT2D eigenvalue weighted by Gasteiger charge is 2.13. The van der Waals surface area contributed by atoms with E-state index in [4.69, 9.17) is 5.73 Å². The standard InChI is InChI=1S/C12H12N4O3S/c1-7-4-8(16(18)19)2-3-9(7)15-12(17)10-6-20-11(5-13)14-10/h2-4,6H,5,13H2,1H3,(H,15,17). The van der Waals surface area contributed by atoms with Crippen LogP contribution in [0.5, 0.6) is 0 Å². The van der Waals surface area contributed by atoms with E-state index in [2.05, 4.69) is 10.3 Å². The second kappa shape index (κ2) is 5.76. The lowest BCUT2D eigenvalue weighted by Gasteiger charge is -2.06. The highest BCUT2D eigenvalue weighted by atomic mass is 32.1. The second-order valence-electron chi connectivity index (χ2n) is 4.04. The molecule has 0 bridgehead atoms. The Labute approximate surface area is 118 Å². The number of aromatic nitrogens is 1. The van der Waals surface area contributed by atoms with E-state index in [-0.39, 0.29) is 23.8 Å².